The van der Waals surface area contributed by atoms with Crippen LogP contribution in [-0.2, 0) is 11.3 Å². The summed E-state index contributed by atoms with van der Waals surface area (Å²) in [7, 11) is 1.62. The average Bonchev–Trinajstić information content (AvgIpc) is 3.31. The standard InChI is InChI=1S/C25H23BrN6O3S/c1-35-22-10-6-5-9-20(22)27-15-23-29-31-25(32(23)19-7-3-2-4-8-19)36-16-24(34)30-28-14-17-13-18(26)11-12-21(17)33/h2-14,27,33H,15-16H2,1H3,(H,30,34). The Morgan fingerprint density at radius 2 is 1.92 bits per heavy atom. The number of halogens is 1. The molecular formula is C25H23BrN6O3S. The fourth-order valence-electron chi connectivity index (χ4n) is 3.27. The van der Waals surface area contributed by atoms with Gasteiger partial charge in [-0.05, 0) is 42.5 Å². The van der Waals surface area contributed by atoms with Crippen LogP contribution >= 0.6 is 27.7 Å². The van der Waals surface area contributed by atoms with Gasteiger partial charge in [0.05, 0.1) is 31.3 Å². The van der Waals surface area contributed by atoms with Gasteiger partial charge in [0.2, 0.25) is 0 Å². The molecule has 0 bridgehead atoms. The molecule has 4 aromatic rings. The molecular weight excluding hydrogens is 544 g/mol. The van der Waals surface area contributed by atoms with Crippen molar-refractivity contribution in [2.24, 2.45) is 5.10 Å². The lowest BCUT2D eigenvalue weighted by molar-refractivity contribution is -0.118. The van der Waals surface area contributed by atoms with Gasteiger partial charge in [0.25, 0.3) is 5.91 Å². The minimum Gasteiger partial charge on any atom is -0.507 e. The zero-order chi connectivity index (χ0) is 25.3. The van der Waals surface area contributed by atoms with E-state index in [1.807, 2.05) is 59.2 Å². The second kappa shape index (κ2) is 12.2. The summed E-state index contributed by atoms with van der Waals surface area (Å²) in [6.07, 6.45) is 1.39. The van der Waals surface area contributed by atoms with Gasteiger partial charge in [0.15, 0.2) is 11.0 Å². The van der Waals surface area contributed by atoms with E-state index in [1.54, 1.807) is 25.3 Å². The van der Waals surface area contributed by atoms with Gasteiger partial charge >= 0.3 is 0 Å². The van der Waals surface area contributed by atoms with Gasteiger partial charge in [-0.3, -0.25) is 9.36 Å². The molecule has 9 nitrogen and oxygen atoms in total. The third-order valence-electron chi connectivity index (χ3n) is 4.97. The lowest BCUT2D eigenvalue weighted by atomic mass is 10.2. The number of hydrazone groups is 1. The van der Waals surface area contributed by atoms with E-state index in [9.17, 15) is 9.90 Å². The van der Waals surface area contributed by atoms with Crippen molar-refractivity contribution in [1.29, 1.82) is 0 Å². The number of rotatable bonds is 10. The van der Waals surface area contributed by atoms with Gasteiger partial charge in [-0.1, -0.05) is 58.0 Å². The van der Waals surface area contributed by atoms with Crippen molar-refractivity contribution in [2.45, 2.75) is 11.7 Å². The number of anilines is 1. The van der Waals surface area contributed by atoms with Crippen LogP contribution in [0.2, 0.25) is 0 Å². The van der Waals surface area contributed by atoms with Crippen LogP contribution in [0.25, 0.3) is 5.69 Å². The Bertz CT molecular complexity index is 1360. The number of phenols is 1. The minimum atomic E-state index is -0.318. The molecule has 1 amide bonds. The molecule has 184 valence electrons. The van der Waals surface area contributed by atoms with Crippen LogP contribution in [-0.4, -0.2) is 44.9 Å². The molecule has 0 saturated carbocycles. The maximum Gasteiger partial charge on any atom is 0.250 e. The number of phenolic OH excluding ortho intramolecular Hbond substituents is 1. The van der Waals surface area contributed by atoms with Crippen LogP contribution in [0.5, 0.6) is 11.5 Å². The van der Waals surface area contributed by atoms with Crippen molar-refractivity contribution in [3.63, 3.8) is 0 Å². The number of amides is 1. The fourth-order valence-corrected chi connectivity index (χ4v) is 4.42. The van der Waals surface area contributed by atoms with E-state index in [-0.39, 0.29) is 17.4 Å². The quantitative estimate of drug-likeness (QED) is 0.146. The lowest BCUT2D eigenvalue weighted by Gasteiger charge is -2.13. The number of methoxy groups -OCH3 is 1. The van der Waals surface area contributed by atoms with E-state index in [1.165, 1.54) is 18.0 Å². The molecule has 1 aromatic heterocycles. The Balaban J connectivity index is 1.45. The number of hydrogen-bond acceptors (Lipinski definition) is 8. The fraction of sp³-hybridized carbons (Fsp3) is 0.120. The molecule has 0 unspecified atom stereocenters. The molecule has 0 aliphatic rings. The maximum absolute atomic E-state index is 12.4. The summed E-state index contributed by atoms with van der Waals surface area (Å²) in [6.45, 7) is 0.398. The van der Waals surface area contributed by atoms with Crippen LogP contribution < -0.4 is 15.5 Å². The molecule has 11 heteroatoms. The molecule has 36 heavy (non-hydrogen) atoms. The van der Waals surface area contributed by atoms with Gasteiger partial charge < -0.3 is 15.2 Å². The molecule has 3 N–H and O–H groups in total. The molecule has 0 aliphatic carbocycles. The first-order valence-corrected chi connectivity index (χ1v) is 12.6. The van der Waals surface area contributed by atoms with E-state index in [0.29, 0.717) is 23.1 Å². The van der Waals surface area contributed by atoms with E-state index in [4.69, 9.17) is 4.74 Å². The molecule has 0 radical (unpaired) electrons. The van der Waals surface area contributed by atoms with Crippen molar-refractivity contribution < 1.29 is 14.6 Å². The van der Waals surface area contributed by atoms with Crippen molar-refractivity contribution in [3.05, 3.63) is 88.7 Å². The number of para-hydroxylation sites is 3. The maximum atomic E-state index is 12.4. The monoisotopic (exact) mass is 566 g/mol. The molecule has 0 atom stereocenters. The third kappa shape index (κ3) is 6.43. The smallest absolute Gasteiger partial charge is 0.250 e. The summed E-state index contributed by atoms with van der Waals surface area (Å²) >= 11 is 4.58. The predicted molar refractivity (Wildman–Crippen MR) is 144 cm³/mol. The Hall–Kier alpha value is -3.83. The second-order valence-electron chi connectivity index (χ2n) is 7.41. The van der Waals surface area contributed by atoms with E-state index in [2.05, 4.69) is 42.0 Å². The van der Waals surface area contributed by atoms with Gasteiger partial charge in [-0.25, -0.2) is 5.43 Å². The summed E-state index contributed by atoms with van der Waals surface area (Å²) in [5, 5.41) is 26.4. The number of ether oxygens (including phenoxy) is 1. The van der Waals surface area contributed by atoms with Crippen LogP contribution in [0.1, 0.15) is 11.4 Å². The van der Waals surface area contributed by atoms with Gasteiger partial charge in [0.1, 0.15) is 11.5 Å². The highest BCUT2D eigenvalue weighted by Crippen LogP contribution is 2.26. The van der Waals surface area contributed by atoms with Gasteiger partial charge in [-0.15, -0.1) is 10.2 Å². The molecule has 0 spiro atoms. The Labute approximate surface area is 220 Å². The topological polar surface area (TPSA) is 114 Å². The van der Waals surface area contributed by atoms with Crippen LogP contribution in [0.4, 0.5) is 5.69 Å². The zero-order valence-corrected chi connectivity index (χ0v) is 21.7. The first-order valence-electron chi connectivity index (χ1n) is 10.8. The van der Waals surface area contributed by atoms with Crippen molar-refractivity contribution >= 4 is 45.5 Å². The van der Waals surface area contributed by atoms with Crippen LogP contribution in [0, 0.1) is 0 Å². The lowest BCUT2D eigenvalue weighted by Crippen LogP contribution is -2.20. The summed E-state index contributed by atoms with van der Waals surface area (Å²) in [5.41, 5.74) is 4.67. The first kappa shape index (κ1) is 25.3. The summed E-state index contributed by atoms with van der Waals surface area (Å²) < 4.78 is 8.11. The Morgan fingerprint density at radius 3 is 2.72 bits per heavy atom. The van der Waals surface area contributed by atoms with Gasteiger partial charge in [-0.2, -0.15) is 5.10 Å². The van der Waals surface area contributed by atoms with E-state index in [0.717, 1.165) is 21.6 Å². The summed E-state index contributed by atoms with van der Waals surface area (Å²) in [6, 6.07) is 22.3. The Morgan fingerprint density at radius 1 is 1.14 bits per heavy atom. The number of nitrogens with zero attached hydrogens (tertiary/aromatic N) is 4. The number of thioether (sulfide) groups is 1. The van der Waals surface area contributed by atoms with Crippen molar-refractivity contribution in [1.82, 2.24) is 20.2 Å². The first-order chi connectivity index (χ1) is 17.5. The highest BCUT2D eigenvalue weighted by molar-refractivity contribution is 9.10. The largest absolute Gasteiger partial charge is 0.507 e. The SMILES string of the molecule is COc1ccccc1NCc1nnc(SCC(=O)NN=Cc2cc(Br)ccc2O)n1-c1ccccc1. The average molecular weight is 567 g/mol. The van der Waals surface area contributed by atoms with E-state index >= 15 is 0 Å². The number of aromatic hydroxyl groups is 1. The predicted octanol–water partition coefficient (Wildman–Crippen LogP) is 4.60. The normalized spacial score (nSPS) is 10.9. The minimum absolute atomic E-state index is 0.0656. The number of nitrogens with one attached hydrogen (secondary N) is 2. The van der Waals surface area contributed by atoms with Crippen molar-refractivity contribution in [2.75, 3.05) is 18.2 Å². The molecule has 0 aliphatic heterocycles. The van der Waals surface area contributed by atoms with Gasteiger partial charge in [0, 0.05) is 15.7 Å². The van der Waals surface area contributed by atoms with Crippen LogP contribution in [0.3, 0.4) is 0 Å². The number of aromatic nitrogens is 3. The van der Waals surface area contributed by atoms with E-state index < -0.39 is 0 Å². The molecule has 1 heterocycles. The molecule has 3 aromatic carbocycles. The number of hydrogen-bond donors (Lipinski definition) is 3. The summed E-state index contributed by atoms with van der Waals surface area (Å²) in [5.74, 6) is 1.23. The molecule has 0 fully saturated rings. The molecule has 0 saturated heterocycles. The number of carbonyl (C=O) groups excluding carboxylic acids is 1. The Kier molecular flexibility index (Phi) is 8.58. The number of benzene rings is 3. The second-order valence-corrected chi connectivity index (χ2v) is 9.27. The van der Waals surface area contributed by atoms with Crippen molar-refractivity contribution in [3.8, 4) is 17.2 Å². The summed E-state index contributed by atoms with van der Waals surface area (Å²) in [4.78, 5) is 12.4. The zero-order valence-electron chi connectivity index (χ0n) is 19.3. The highest BCUT2D eigenvalue weighted by Gasteiger charge is 2.16. The molecule has 4 rings (SSSR count). The third-order valence-corrected chi connectivity index (χ3v) is 6.40. The highest BCUT2D eigenvalue weighted by atomic mass is 79.9. The number of carbonyl (C=O) groups is 1. The van der Waals surface area contributed by atoms with Crippen LogP contribution in [0.15, 0.2) is 87.5 Å².